The van der Waals surface area contributed by atoms with Crippen molar-refractivity contribution in [2.24, 2.45) is 4.99 Å². The Hall–Kier alpha value is -3.21. The molecule has 158 valence electrons. The zero-order chi connectivity index (χ0) is 22.3. The van der Waals surface area contributed by atoms with Crippen LogP contribution in [0.1, 0.15) is 17.5 Å². The summed E-state index contributed by atoms with van der Waals surface area (Å²) in [6, 6.07) is 14.8. The van der Waals surface area contributed by atoms with E-state index in [1.807, 2.05) is 18.3 Å². The number of aryl methyl sites for hydroxylation is 1. The summed E-state index contributed by atoms with van der Waals surface area (Å²) in [5.74, 6) is 0.376. The molecule has 0 fully saturated rings. The summed E-state index contributed by atoms with van der Waals surface area (Å²) >= 11 is 6.02. The molecule has 0 aliphatic rings. The summed E-state index contributed by atoms with van der Waals surface area (Å²) in [5.41, 5.74) is 2.74. The van der Waals surface area contributed by atoms with Crippen LogP contribution in [0.25, 0.3) is 0 Å². The molecule has 0 spiro atoms. The number of sulfone groups is 1. The lowest BCUT2D eigenvalue weighted by atomic mass is 10.0. The van der Waals surface area contributed by atoms with Gasteiger partial charge in [0, 0.05) is 29.5 Å². The van der Waals surface area contributed by atoms with Gasteiger partial charge in [-0.15, -0.1) is 0 Å². The number of nitrogens with zero attached hydrogens (tertiary/aromatic N) is 3. The van der Waals surface area contributed by atoms with Gasteiger partial charge in [-0.3, -0.25) is 4.98 Å². The SMILES string of the molecule is COc1cc(Cl)cc(S(=O)(=O)c2ccc(CCC(Cc3ccncc3)=NC#N)cc2)c1. The number of methoxy groups -OCH3 is 1. The number of ether oxygens (including phenoxy) is 1. The molecule has 0 aliphatic carbocycles. The first-order valence-electron chi connectivity index (χ1n) is 9.44. The molecule has 0 amide bonds. The molecular formula is C23H20ClN3O3S. The maximum absolute atomic E-state index is 12.9. The Morgan fingerprint density at radius 3 is 2.42 bits per heavy atom. The van der Waals surface area contributed by atoms with Gasteiger partial charge in [0.15, 0.2) is 0 Å². The molecular weight excluding hydrogens is 434 g/mol. The maximum Gasteiger partial charge on any atom is 0.206 e. The van der Waals surface area contributed by atoms with Gasteiger partial charge in [-0.2, -0.15) is 10.3 Å². The highest BCUT2D eigenvalue weighted by molar-refractivity contribution is 7.91. The quantitative estimate of drug-likeness (QED) is 0.365. The van der Waals surface area contributed by atoms with E-state index in [9.17, 15) is 8.42 Å². The average molecular weight is 454 g/mol. The van der Waals surface area contributed by atoms with Gasteiger partial charge in [0.2, 0.25) is 16.0 Å². The third kappa shape index (κ3) is 5.91. The number of benzene rings is 2. The fourth-order valence-corrected chi connectivity index (χ4v) is 4.67. The number of halogens is 1. The fraction of sp³-hybridized carbons (Fsp3) is 0.174. The topological polar surface area (TPSA) is 92.4 Å². The Morgan fingerprint density at radius 1 is 1.06 bits per heavy atom. The van der Waals surface area contributed by atoms with Crippen molar-refractivity contribution in [3.8, 4) is 11.9 Å². The third-order valence-corrected chi connectivity index (χ3v) is 6.66. The lowest BCUT2D eigenvalue weighted by Gasteiger charge is -2.09. The van der Waals surface area contributed by atoms with Gasteiger partial charge < -0.3 is 4.74 Å². The van der Waals surface area contributed by atoms with Crippen LogP contribution in [0.15, 0.2) is 81.8 Å². The van der Waals surface area contributed by atoms with Crippen LogP contribution in [-0.4, -0.2) is 26.2 Å². The van der Waals surface area contributed by atoms with Crippen molar-refractivity contribution >= 4 is 27.1 Å². The van der Waals surface area contributed by atoms with Crippen LogP contribution in [0.2, 0.25) is 5.02 Å². The van der Waals surface area contributed by atoms with E-state index in [0.29, 0.717) is 25.0 Å². The van der Waals surface area contributed by atoms with Crippen LogP contribution in [0.3, 0.4) is 0 Å². The molecule has 31 heavy (non-hydrogen) atoms. The predicted molar refractivity (Wildman–Crippen MR) is 119 cm³/mol. The standard InChI is InChI=1S/C23H20ClN3O3S/c1-30-21-13-19(24)14-23(15-21)31(28,29)22-6-3-17(4-7-22)2-5-20(27-16-25)12-18-8-10-26-11-9-18/h3-4,6-11,13-15H,2,5,12H2,1H3. The van der Waals surface area contributed by atoms with E-state index in [2.05, 4.69) is 9.98 Å². The largest absolute Gasteiger partial charge is 0.497 e. The minimum Gasteiger partial charge on any atom is -0.497 e. The Balaban J connectivity index is 1.73. The molecule has 0 radical (unpaired) electrons. The van der Waals surface area contributed by atoms with Gasteiger partial charge in [0.05, 0.1) is 16.9 Å². The maximum atomic E-state index is 12.9. The number of aromatic nitrogens is 1. The van der Waals surface area contributed by atoms with Crippen molar-refractivity contribution in [2.75, 3.05) is 7.11 Å². The molecule has 6 nitrogen and oxygen atoms in total. The first-order valence-corrected chi connectivity index (χ1v) is 11.3. The summed E-state index contributed by atoms with van der Waals surface area (Å²) in [6.07, 6.45) is 7.06. The van der Waals surface area contributed by atoms with Gasteiger partial charge in [-0.05, 0) is 66.4 Å². The Morgan fingerprint density at radius 2 is 1.77 bits per heavy atom. The summed E-state index contributed by atoms with van der Waals surface area (Å²) in [6.45, 7) is 0. The van der Waals surface area contributed by atoms with Gasteiger partial charge in [0.1, 0.15) is 5.75 Å². The van der Waals surface area contributed by atoms with Gasteiger partial charge in [0.25, 0.3) is 0 Å². The molecule has 0 aliphatic heterocycles. The Kier molecular flexibility index (Phi) is 7.40. The Labute approximate surface area is 186 Å². The molecule has 2 aromatic carbocycles. The number of pyridine rings is 1. The first-order chi connectivity index (χ1) is 14.9. The monoisotopic (exact) mass is 453 g/mol. The first kappa shape index (κ1) is 22.5. The fourth-order valence-electron chi connectivity index (χ4n) is 3.06. The lowest BCUT2D eigenvalue weighted by Crippen LogP contribution is -2.06. The zero-order valence-corrected chi connectivity index (χ0v) is 18.4. The molecule has 0 atom stereocenters. The molecule has 0 N–H and O–H groups in total. The van der Waals surface area contributed by atoms with Gasteiger partial charge in [-0.25, -0.2) is 8.42 Å². The Bertz CT molecular complexity index is 1220. The van der Waals surface area contributed by atoms with E-state index in [1.54, 1.807) is 42.7 Å². The van der Waals surface area contributed by atoms with E-state index in [4.69, 9.17) is 21.6 Å². The summed E-state index contributed by atoms with van der Waals surface area (Å²) in [5, 5.41) is 9.25. The van der Waals surface area contributed by atoms with Crippen molar-refractivity contribution in [2.45, 2.75) is 29.1 Å². The molecule has 0 saturated carbocycles. The van der Waals surface area contributed by atoms with E-state index in [-0.39, 0.29) is 14.8 Å². The van der Waals surface area contributed by atoms with E-state index in [0.717, 1.165) is 16.8 Å². The zero-order valence-electron chi connectivity index (χ0n) is 16.8. The van der Waals surface area contributed by atoms with Crippen LogP contribution in [0.4, 0.5) is 0 Å². The van der Waals surface area contributed by atoms with Crippen LogP contribution in [0.5, 0.6) is 5.75 Å². The van der Waals surface area contributed by atoms with Crippen molar-refractivity contribution in [3.05, 3.63) is 83.1 Å². The van der Waals surface area contributed by atoms with E-state index in [1.165, 1.54) is 19.2 Å². The third-order valence-electron chi connectivity index (χ3n) is 4.69. The van der Waals surface area contributed by atoms with Crippen molar-refractivity contribution in [1.82, 2.24) is 4.98 Å². The number of hydrogen-bond acceptors (Lipinski definition) is 6. The summed E-state index contributed by atoms with van der Waals surface area (Å²) in [7, 11) is -2.27. The van der Waals surface area contributed by atoms with E-state index >= 15 is 0 Å². The second kappa shape index (κ2) is 10.2. The van der Waals surface area contributed by atoms with Gasteiger partial charge >= 0.3 is 0 Å². The second-order valence-corrected chi connectivity index (χ2v) is 9.17. The van der Waals surface area contributed by atoms with Crippen LogP contribution >= 0.6 is 11.6 Å². The van der Waals surface area contributed by atoms with E-state index < -0.39 is 9.84 Å². The molecule has 1 aromatic heterocycles. The predicted octanol–water partition coefficient (Wildman–Crippen LogP) is 4.67. The number of aliphatic imine (C=N–C) groups is 1. The van der Waals surface area contributed by atoms with Crippen LogP contribution in [-0.2, 0) is 22.7 Å². The minimum absolute atomic E-state index is 0.0744. The normalized spacial score (nSPS) is 11.7. The highest BCUT2D eigenvalue weighted by atomic mass is 35.5. The molecule has 8 heteroatoms. The van der Waals surface area contributed by atoms with Gasteiger partial charge in [-0.1, -0.05) is 23.7 Å². The smallest absolute Gasteiger partial charge is 0.206 e. The highest BCUT2D eigenvalue weighted by Crippen LogP contribution is 2.28. The number of rotatable bonds is 8. The minimum atomic E-state index is -3.73. The molecule has 0 saturated heterocycles. The summed E-state index contributed by atoms with van der Waals surface area (Å²) in [4.78, 5) is 8.17. The molecule has 0 unspecified atom stereocenters. The number of hydrogen-bond donors (Lipinski definition) is 0. The second-order valence-electron chi connectivity index (χ2n) is 6.78. The van der Waals surface area contributed by atoms with Crippen molar-refractivity contribution in [3.63, 3.8) is 0 Å². The average Bonchev–Trinajstić information content (AvgIpc) is 2.78. The lowest BCUT2D eigenvalue weighted by molar-refractivity contribution is 0.413. The van der Waals surface area contributed by atoms with Crippen molar-refractivity contribution < 1.29 is 13.2 Å². The molecule has 0 bridgehead atoms. The number of nitriles is 1. The van der Waals surface area contributed by atoms with Crippen LogP contribution in [0, 0.1) is 11.5 Å². The molecule has 3 rings (SSSR count). The molecule has 3 aromatic rings. The highest BCUT2D eigenvalue weighted by Gasteiger charge is 2.19. The van der Waals surface area contributed by atoms with Crippen molar-refractivity contribution in [1.29, 1.82) is 5.26 Å². The molecule has 1 heterocycles. The summed E-state index contributed by atoms with van der Waals surface area (Å²) < 4.78 is 31.0. The van der Waals surface area contributed by atoms with Crippen LogP contribution < -0.4 is 4.74 Å².